The zero-order chi connectivity index (χ0) is 21.1. The maximum Gasteiger partial charge on any atom is 0.260 e. The Morgan fingerprint density at radius 3 is 1.55 bits per heavy atom. The number of ether oxygens (including phenoxy) is 2. The van der Waals surface area contributed by atoms with Crippen LogP contribution in [-0.4, -0.2) is 32.3 Å². The number of hydrogen-bond acceptors (Lipinski definition) is 5. The minimum atomic E-state index is -1.40. The van der Waals surface area contributed by atoms with Crippen molar-refractivity contribution >= 4 is 11.6 Å². The summed E-state index contributed by atoms with van der Waals surface area (Å²) in [5.74, 6) is -1.63. The van der Waals surface area contributed by atoms with E-state index in [1.54, 1.807) is 24.3 Å². The molecule has 0 heterocycles. The summed E-state index contributed by atoms with van der Waals surface area (Å²) < 4.78 is 10.8. The van der Waals surface area contributed by atoms with Crippen LogP contribution >= 0.6 is 0 Å². The highest BCUT2D eigenvalue weighted by atomic mass is 16.7. The molecular formula is C24H25NO4. The van der Waals surface area contributed by atoms with Gasteiger partial charge in [-0.1, -0.05) is 91.0 Å². The fourth-order valence-electron chi connectivity index (χ4n) is 2.81. The average molecular weight is 391 g/mol. The zero-order valence-electron chi connectivity index (χ0n) is 16.6. The topological polar surface area (TPSA) is 78.6 Å². The summed E-state index contributed by atoms with van der Waals surface area (Å²) >= 11 is 0. The van der Waals surface area contributed by atoms with Crippen LogP contribution in [-0.2, 0) is 15.3 Å². The predicted molar refractivity (Wildman–Crippen MR) is 113 cm³/mol. The molecule has 5 heteroatoms. The third kappa shape index (κ3) is 5.45. The molecule has 0 saturated carbocycles. The fraction of sp³-hybridized carbons (Fsp3) is 0.167. The van der Waals surface area contributed by atoms with Gasteiger partial charge in [-0.25, -0.2) is 0 Å². The van der Waals surface area contributed by atoms with Gasteiger partial charge in [-0.2, -0.15) is 0 Å². The molecule has 0 spiro atoms. The first-order chi connectivity index (χ1) is 14.1. The number of carbonyl (C=O) groups excluding carboxylic acids is 2. The first-order valence-corrected chi connectivity index (χ1v) is 9.13. The molecule has 3 aromatic rings. The molecule has 0 saturated heterocycles. The van der Waals surface area contributed by atoms with Gasteiger partial charge in [-0.15, -0.1) is 0 Å². The maximum absolute atomic E-state index is 12.7. The van der Waals surface area contributed by atoms with Crippen LogP contribution in [0.1, 0.15) is 26.3 Å². The van der Waals surface area contributed by atoms with Gasteiger partial charge in [0.25, 0.3) is 5.79 Å². The minimum absolute atomic E-state index is 0.0133. The SMILES string of the molecule is COC(OC)(C(=O)c1ccccc1)c1ccccc1.NCC(=O)c1ccccc1. The molecule has 0 aliphatic carbocycles. The monoisotopic (exact) mass is 391 g/mol. The fourth-order valence-corrected chi connectivity index (χ4v) is 2.81. The van der Waals surface area contributed by atoms with Gasteiger partial charge in [0, 0.05) is 30.9 Å². The molecule has 29 heavy (non-hydrogen) atoms. The molecular weight excluding hydrogens is 366 g/mol. The second-order valence-corrected chi connectivity index (χ2v) is 6.08. The summed E-state index contributed by atoms with van der Waals surface area (Å²) in [4.78, 5) is 23.6. The molecule has 0 aliphatic rings. The van der Waals surface area contributed by atoms with Crippen LogP contribution in [0.4, 0.5) is 0 Å². The number of rotatable bonds is 7. The van der Waals surface area contributed by atoms with Gasteiger partial charge in [-0.3, -0.25) is 9.59 Å². The Balaban J connectivity index is 0.000000253. The Kier molecular flexibility index (Phi) is 8.43. The number of ketones is 2. The van der Waals surface area contributed by atoms with Gasteiger partial charge >= 0.3 is 0 Å². The first kappa shape index (κ1) is 22.2. The highest BCUT2D eigenvalue weighted by Crippen LogP contribution is 2.30. The van der Waals surface area contributed by atoms with E-state index in [-0.39, 0.29) is 18.1 Å². The van der Waals surface area contributed by atoms with Gasteiger partial charge in [0.05, 0.1) is 6.54 Å². The highest BCUT2D eigenvalue weighted by Gasteiger charge is 2.41. The molecule has 0 aromatic heterocycles. The number of Topliss-reactive ketones (excluding diaryl/α,β-unsaturated/α-hetero) is 2. The van der Waals surface area contributed by atoms with Crippen LogP contribution < -0.4 is 5.73 Å². The van der Waals surface area contributed by atoms with E-state index in [1.165, 1.54) is 14.2 Å². The Hall–Kier alpha value is -3.12. The van der Waals surface area contributed by atoms with Crippen molar-refractivity contribution in [2.75, 3.05) is 20.8 Å². The molecule has 0 atom stereocenters. The van der Waals surface area contributed by atoms with E-state index in [0.29, 0.717) is 16.7 Å². The molecule has 3 rings (SSSR count). The Bertz CT molecular complexity index is 892. The summed E-state index contributed by atoms with van der Waals surface area (Å²) in [7, 11) is 2.94. The zero-order valence-corrected chi connectivity index (χ0v) is 16.6. The summed E-state index contributed by atoms with van der Waals surface area (Å²) in [6.07, 6.45) is 0. The van der Waals surface area contributed by atoms with Crippen LogP contribution in [0.2, 0.25) is 0 Å². The van der Waals surface area contributed by atoms with Gasteiger partial charge in [-0.05, 0) is 0 Å². The average Bonchev–Trinajstić information content (AvgIpc) is 2.82. The highest BCUT2D eigenvalue weighted by molar-refractivity contribution is 6.02. The van der Waals surface area contributed by atoms with E-state index in [4.69, 9.17) is 15.2 Å². The first-order valence-electron chi connectivity index (χ1n) is 9.13. The van der Waals surface area contributed by atoms with Crippen LogP contribution in [0.15, 0.2) is 91.0 Å². The number of carbonyl (C=O) groups is 2. The van der Waals surface area contributed by atoms with Crippen LogP contribution in [0.3, 0.4) is 0 Å². The second-order valence-electron chi connectivity index (χ2n) is 6.08. The molecule has 150 valence electrons. The number of hydrogen-bond donors (Lipinski definition) is 1. The number of methoxy groups -OCH3 is 2. The lowest BCUT2D eigenvalue weighted by Gasteiger charge is -2.29. The van der Waals surface area contributed by atoms with Crippen molar-refractivity contribution in [2.45, 2.75) is 5.79 Å². The van der Waals surface area contributed by atoms with Crippen molar-refractivity contribution in [1.29, 1.82) is 0 Å². The summed E-state index contributed by atoms with van der Waals surface area (Å²) in [6, 6.07) is 27.2. The van der Waals surface area contributed by atoms with E-state index in [0.717, 1.165) is 0 Å². The second kappa shape index (κ2) is 11.0. The van der Waals surface area contributed by atoms with Gasteiger partial charge in [0.2, 0.25) is 5.78 Å². The molecule has 5 nitrogen and oxygen atoms in total. The Labute approximate surface area is 171 Å². The van der Waals surface area contributed by atoms with Crippen molar-refractivity contribution < 1.29 is 19.1 Å². The molecule has 3 aromatic carbocycles. The van der Waals surface area contributed by atoms with E-state index in [1.807, 2.05) is 66.7 Å². The molecule has 0 bridgehead atoms. The molecule has 0 aliphatic heterocycles. The van der Waals surface area contributed by atoms with Crippen molar-refractivity contribution in [3.8, 4) is 0 Å². The number of nitrogens with two attached hydrogens (primary N) is 1. The van der Waals surface area contributed by atoms with Crippen molar-refractivity contribution in [3.05, 3.63) is 108 Å². The summed E-state index contributed by atoms with van der Waals surface area (Å²) in [6.45, 7) is 0.0873. The van der Waals surface area contributed by atoms with Gasteiger partial charge < -0.3 is 15.2 Å². The van der Waals surface area contributed by atoms with Crippen molar-refractivity contribution in [3.63, 3.8) is 0 Å². The normalized spacial score (nSPS) is 10.6. The van der Waals surface area contributed by atoms with Crippen molar-refractivity contribution in [2.24, 2.45) is 5.73 Å². The smallest absolute Gasteiger partial charge is 0.260 e. The van der Waals surface area contributed by atoms with Gasteiger partial charge in [0.15, 0.2) is 5.78 Å². The third-order valence-electron chi connectivity index (χ3n) is 4.34. The molecule has 0 fully saturated rings. The van der Waals surface area contributed by atoms with Crippen LogP contribution in [0.25, 0.3) is 0 Å². The number of benzene rings is 3. The lowest BCUT2D eigenvalue weighted by Crippen LogP contribution is -2.39. The van der Waals surface area contributed by atoms with E-state index >= 15 is 0 Å². The van der Waals surface area contributed by atoms with Crippen LogP contribution in [0, 0.1) is 0 Å². The Morgan fingerprint density at radius 1 is 0.724 bits per heavy atom. The van der Waals surface area contributed by atoms with E-state index < -0.39 is 5.79 Å². The predicted octanol–water partition coefficient (Wildman–Crippen LogP) is 3.84. The molecule has 0 unspecified atom stereocenters. The maximum atomic E-state index is 12.7. The lowest BCUT2D eigenvalue weighted by molar-refractivity contribution is -0.176. The minimum Gasteiger partial charge on any atom is -0.343 e. The Morgan fingerprint density at radius 2 is 1.14 bits per heavy atom. The third-order valence-corrected chi connectivity index (χ3v) is 4.34. The molecule has 0 radical (unpaired) electrons. The van der Waals surface area contributed by atoms with Crippen molar-refractivity contribution in [1.82, 2.24) is 0 Å². The molecule has 0 amide bonds. The van der Waals surface area contributed by atoms with E-state index in [2.05, 4.69) is 0 Å². The standard InChI is InChI=1S/C16H16O3.C8H9NO/c1-18-16(19-2,14-11-7-4-8-12-14)15(17)13-9-5-3-6-10-13;9-6-8(10)7-4-2-1-3-5-7/h3-12H,1-2H3;1-5H,6,9H2. The van der Waals surface area contributed by atoms with E-state index in [9.17, 15) is 9.59 Å². The molecule has 2 N–H and O–H groups in total. The summed E-state index contributed by atoms with van der Waals surface area (Å²) in [5.41, 5.74) is 7.07. The summed E-state index contributed by atoms with van der Waals surface area (Å²) in [5, 5.41) is 0. The lowest BCUT2D eigenvalue weighted by atomic mass is 9.96. The largest absolute Gasteiger partial charge is 0.343 e. The van der Waals surface area contributed by atoms with Crippen LogP contribution in [0.5, 0.6) is 0 Å². The quantitative estimate of drug-likeness (QED) is 0.489. The van der Waals surface area contributed by atoms with Gasteiger partial charge in [0.1, 0.15) is 0 Å².